The molecule has 5 heteroatoms. The van der Waals surface area contributed by atoms with E-state index in [9.17, 15) is 0 Å². The number of aryl methyl sites for hydroxylation is 1. The molecule has 1 aliphatic rings. The van der Waals surface area contributed by atoms with Crippen molar-refractivity contribution in [2.45, 2.75) is 70.9 Å². The van der Waals surface area contributed by atoms with Crippen LogP contribution in [-0.2, 0) is 6.54 Å². The summed E-state index contributed by atoms with van der Waals surface area (Å²) in [7, 11) is 1.70. The van der Waals surface area contributed by atoms with E-state index in [1.807, 2.05) is 4.68 Å². The summed E-state index contributed by atoms with van der Waals surface area (Å²) in [6.07, 6.45) is 12.1. The molecule has 1 unspecified atom stereocenters. The molecule has 0 bridgehead atoms. The predicted octanol–water partition coefficient (Wildman–Crippen LogP) is 3.17. The van der Waals surface area contributed by atoms with Crippen molar-refractivity contribution in [2.75, 3.05) is 7.11 Å². The van der Waals surface area contributed by atoms with Crippen LogP contribution in [0.4, 0.5) is 0 Å². The van der Waals surface area contributed by atoms with Gasteiger partial charge in [0.2, 0.25) is 0 Å². The Kier molecular flexibility index (Phi) is 6.51. The van der Waals surface area contributed by atoms with Gasteiger partial charge in [-0.2, -0.15) is 5.10 Å². The van der Waals surface area contributed by atoms with Crippen LogP contribution in [0.2, 0.25) is 0 Å². The molecule has 1 saturated carbocycles. The van der Waals surface area contributed by atoms with E-state index in [1.54, 1.807) is 13.3 Å². The highest BCUT2D eigenvalue weighted by Crippen LogP contribution is 2.33. The lowest BCUT2D eigenvalue weighted by Crippen LogP contribution is -2.31. The monoisotopic (exact) mass is 294 g/mol. The number of aromatic nitrogens is 2. The molecule has 0 saturated heterocycles. The van der Waals surface area contributed by atoms with Gasteiger partial charge in [0.25, 0.3) is 0 Å². The Morgan fingerprint density at radius 1 is 1.43 bits per heavy atom. The normalized spacial score (nSPS) is 17.9. The standard InChI is InChI=1S/C16H30N4O/c1-3-11-20-16(15(21-2)12-18-20)14(19-17)10-9-13-7-5-4-6-8-13/h12-14,19H,3-11,17H2,1-2H3. The van der Waals surface area contributed by atoms with Crippen molar-refractivity contribution in [3.8, 4) is 5.75 Å². The molecule has 3 N–H and O–H groups in total. The molecule has 0 aliphatic heterocycles. The van der Waals surface area contributed by atoms with Crippen LogP contribution >= 0.6 is 0 Å². The first kappa shape index (κ1) is 16.3. The molecular formula is C16H30N4O. The average Bonchev–Trinajstić information content (AvgIpc) is 2.92. The van der Waals surface area contributed by atoms with E-state index in [2.05, 4.69) is 17.4 Å². The number of nitrogens with zero attached hydrogens (tertiary/aromatic N) is 2. The van der Waals surface area contributed by atoms with E-state index < -0.39 is 0 Å². The van der Waals surface area contributed by atoms with Crippen LogP contribution in [0.3, 0.4) is 0 Å². The summed E-state index contributed by atoms with van der Waals surface area (Å²) in [6, 6.07) is 0.121. The molecule has 21 heavy (non-hydrogen) atoms. The molecule has 0 spiro atoms. The number of hydrazine groups is 1. The van der Waals surface area contributed by atoms with Crippen molar-refractivity contribution < 1.29 is 4.74 Å². The summed E-state index contributed by atoms with van der Waals surface area (Å²) in [5, 5.41) is 4.44. The molecule has 1 aliphatic carbocycles. The maximum Gasteiger partial charge on any atom is 0.161 e. The fraction of sp³-hybridized carbons (Fsp3) is 0.812. The number of ether oxygens (including phenoxy) is 1. The average molecular weight is 294 g/mol. The highest BCUT2D eigenvalue weighted by Gasteiger charge is 2.22. The molecular weight excluding hydrogens is 264 g/mol. The molecule has 5 nitrogen and oxygen atoms in total. The fourth-order valence-electron chi connectivity index (χ4n) is 3.45. The van der Waals surface area contributed by atoms with Crippen molar-refractivity contribution in [3.63, 3.8) is 0 Å². The Balaban J connectivity index is 2.03. The molecule has 0 amide bonds. The van der Waals surface area contributed by atoms with Crippen LogP contribution in [-0.4, -0.2) is 16.9 Å². The Morgan fingerprint density at radius 2 is 2.19 bits per heavy atom. The van der Waals surface area contributed by atoms with Crippen LogP contribution in [0.5, 0.6) is 5.75 Å². The summed E-state index contributed by atoms with van der Waals surface area (Å²) in [5.74, 6) is 7.53. The summed E-state index contributed by atoms with van der Waals surface area (Å²) in [5.41, 5.74) is 4.07. The smallest absolute Gasteiger partial charge is 0.161 e. The fourth-order valence-corrected chi connectivity index (χ4v) is 3.45. The van der Waals surface area contributed by atoms with Crippen molar-refractivity contribution in [3.05, 3.63) is 11.9 Å². The molecule has 120 valence electrons. The lowest BCUT2D eigenvalue weighted by Gasteiger charge is -2.24. The molecule has 0 radical (unpaired) electrons. The number of rotatable bonds is 8. The summed E-state index contributed by atoms with van der Waals surface area (Å²) < 4.78 is 7.50. The highest BCUT2D eigenvalue weighted by molar-refractivity contribution is 5.28. The minimum atomic E-state index is 0.121. The van der Waals surface area contributed by atoms with E-state index in [4.69, 9.17) is 10.6 Å². The lowest BCUT2D eigenvalue weighted by molar-refractivity contribution is 0.306. The zero-order valence-corrected chi connectivity index (χ0v) is 13.5. The Hall–Kier alpha value is -1.07. The van der Waals surface area contributed by atoms with Crippen LogP contribution < -0.4 is 16.0 Å². The van der Waals surface area contributed by atoms with E-state index in [0.29, 0.717) is 0 Å². The Morgan fingerprint density at radius 3 is 2.81 bits per heavy atom. The van der Waals surface area contributed by atoms with Gasteiger partial charge < -0.3 is 4.74 Å². The third-order valence-corrected chi connectivity index (χ3v) is 4.62. The maximum absolute atomic E-state index is 5.82. The number of nitrogens with one attached hydrogen (secondary N) is 1. The molecule has 2 rings (SSSR count). The minimum absolute atomic E-state index is 0.121. The second-order valence-electron chi connectivity index (χ2n) is 6.12. The summed E-state index contributed by atoms with van der Waals surface area (Å²) in [4.78, 5) is 0. The third kappa shape index (κ3) is 4.20. The van der Waals surface area contributed by atoms with Gasteiger partial charge in [-0.15, -0.1) is 0 Å². The van der Waals surface area contributed by atoms with E-state index in [1.165, 1.54) is 38.5 Å². The first-order valence-corrected chi connectivity index (χ1v) is 8.36. The summed E-state index contributed by atoms with van der Waals surface area (Å²) >= 11 is 0. The van der Waals surface area contributed by atoms with E-state index in [-0.39, 0.29) is 6.04 Å². The van der Waals surface area contributed by atoms with Crippen molar-refractivity contribution in [1.29, 1.82) is 0 Å². The van der Waals surface area contributed by atoms with Gasteiger partial charge in [0, 0.05) is 6.54 Å². The van der Waals surface area contributed by atoms with Gasteiger partial charge in [0.1, 0.15) is 0 Å². The molecule has 1 fully saturated rings. The van der Waals surface area contributed by atoms with Gasteiger partial charge in [0.15, 0.2) is 5.75 Å². The second kappa shape index (κ2) is 8.39. The Bertz CT molecular complexity index is 412. The number of nitrogens with two attached hydrogens (primary N) is 1. The van der Waals surface area contributed by atoms with Crippen molar-refractivity contribution >= 4 is 0 Å². The van der Waals surface area contributed by atoms with Crippen LogP contribution in [0, 0.1) is 5.92 Å². The van der Waals surface area contributed by atoms with Gasteiger partial charge in [-0.05, 0) is 25.2 Å². The maximum atomic E-state index is 5.82. The van der Waals surface area contributed by atoms with Gasteiger partial charge in [-0.1, -0.05) is 39.0 Å². The van der Waals surface area contributed by atoms with Gasteiger partial charge in [0.05, 0.1) is 25.0 Å². The van der Waals surface area contributed by atoms with Crippen molar-refractivity contribution in [1.82, 2.24) is 15.2 Å². The zero-order chi connectivity index (χ0) is 15.1. The first-order chi connectivity index (χ1) is 10.3. The van der Waals surface area contributed by atoms with Crippen LogP contribution in [0.1, 0.15) is 70.0 Å². The van der Waals surface area contributed by atoms with E-state index in [0.717, 1.165) is 36.7 Å². The van der Waals surface area contributed by atoms with Gasteiger partial charge in [-0.3, -0.25) is 16.0 Å². The Labute approximate surface area is 128 Å². The zero-order valence-electron chi connectivity index (χ0n) is 13.5. The third-order valence-electron chi connectivity index (χ3n) is 4.62. The largest absolute Gasteiger partial charge is 0.493 e. The number of hydrogen-bond acceptors (Lipinski definition) is 4. The van der Waals surface area contributed by atoms with Crippen LogP contribution in [0.15, 0.2) is 6.20 Å². The molecule has 1 aromatic rings. The first-order valence-electron chi connectivity index (χ1n) is 8.36. The number of methoxy groups -OCH3 is 1. The van der Waals surface area contributed by atoms with Crippen LogP contribution in [0.25, 0.3) is 0 Å². The summed E-state index contributed by atoms with van der Waals surface area (Å²) in [6.45, 7) is 3.06. The lowest BCUT2D eigenvalue weighted by atomic mass is 9.85. The molecule has 1 atom stereocenters. The second-order valence-corrected chi connectivity index (χ2v) is 6.12. The van der Waals surface area contributed by atoms with E-state index >= 15 is 0 Å². The minimum Gasteiger partial charge on any atom is -0.493 e. The molecule has 1 aromatic heterocycles. The quantitative estimate of drug-likeness (QED) is 0.571. The predicted molar refractivity (Wildman–Crippen MR) is 84.9 cm³/mol. The molecule has 1 heterocycles. The van der Waals surface area contributed by atoms with Gasteiger partial charge in [-0.25, -0.2) is 0 Å². The SMILES string of the molecule is CCCn1ncc(OC)c1C(CCC1CCCCC1)NN. The van der Waals surface area contributed by atoms with Gasteiger partial charge >= 0.3 is 0 Å². The van der Waals surface area contributed by atoms with Crippen molar-refractivity contribution in [2.24, 2.45) is 11.8 Å². The highest BCUT2D eigenvalue weighted by atomic mass is 16.5. The topological polar surface area (TPSA) is 65.1 Å². The number of hydrogen-bond donors (Lipinski definition) is 2. The molecule has 0 aromatic carbocycles.